The number of nitrogens with one attached hydrogen (secondary N) is 7. The molecule has 0 spiro atoms. The topological polar surface area (TPSA) is 376 Å². The van der Waals surface area contributed by atoms with E-state index in [0.717, 1.165) is 16.5 Å². The Bertz CT molecular complexity index is 2910. The van der Waals surface area contributed by atoms with Crippen molar-refractivity contribution in [3.05, 3.63) is 95.7 Å². The van der Waals surface area contributed by atoms with E-state index in [4.69, 9.17) is 16.2 Å². The molecule has 0 bridgehead atoms. The number of aliphatic carboxylic acids is 1. The lowest BCUT2D eigenvalue weighted by Crippen LogP contribution is -2.60. The number of aromatic hydroxyl groups is 2. The summed E-state index contributed by atoms with van der Waals surface area (Å²) in [6.07, 6.45) is 1.20. The second kappa shape index (κ2) is 29.8. The standard InChI is InChI=1S/C59H80N10O13/c1-58(2,3)32-36(29-37-33-63-41-14-10-9-13-40(37)41)51(76)67-47-31-49(74)82-26-11-7-8-15-42(52(77)66-44(30-48(72)73)50(75)59(4,5)6)64-54(79)45(27-34-17-21-38(70)22-18-34)69-55(80)46(28-35-19-23-39(71)24-20-35)68-53(78)43(65-56(47)81)16-12-25-62-57(60)61/h9-10,13-14,17-24,33,36,42-47,63,70-71H,7-8,11-12,15-16,25-32H2,1-6H3,(H,64,79)(H,65,81)(H,66,77)(H,67,76)(H,68,78)(H,69,80)(H,72,73)(H4,60,61,62)/t36-,42+,43+,44+,45+,46+,47+/m1/s1. The molecule has 14 N–H and O–H groups in total. The normalized spacial score (nSPS) is 20.0. The van der Waals surface area contributed by atoms with E-state index in [1.807, 2.05) is 51.2 Å². The molecule has 5 rings (SSSR count). The number of esters is 1. The monoisotopic (exact) mass is 1140 g/mol. The molecule has 0 radical (unpaired) electrons. The summed E-state index contributed by atoms with van der Waals surface area (Å²) in [6.45, 7) is 10.5. The summed E-state index contributed by atoms with van der Waals surface area (Å²) in [5, 5.41) is 47.1. The van der Waals surface area contributed by atoms with E-state index in [1.165, 1.54) is 48.5 Å². The third-order valence-corrected chi connectivity index (χ3v) is 13.8. The van der Waals surface area contributed by atoms with Crippen LogP contribution >= 0.6 is 0 Å². The Labute approximate surface area is 476 Å². The van der Waals surface area contributed by atoms with Crippen LogP contribution in [0.1, 0.15) is 116 Å². The smallest absolute Gasteiger partial charge is 0.308 e. The van der Waals surface area contributed by atoms with Gasteiger partial charge in [0.25, 0.3) is 0 Å². The molecule has 1 saturated heterocycles. The number of para-hydroxylation sites is 1. The average Bonchev–Trinajstić information content (AvgIpc) is 3.98. The van der Waals surface area contributed by atoms with Gasteiger partial charge in [-0.1, -0.05) is 90.4 Å². The lowest BCUT2D eigenvalue weighted by Gasteiger charge is -2.29. The number of rotatable bonds is 18. The molecule has 6 amide bonds. The lowest BCUT2D eigenvalue weighted by molar-refractivity contribution is -0.147. The number of guanidine groups is 1. The van der Waals surface area contributed by atoms with Gasteiger partial charge in [0.1, 0.15) is 41.7 Å². The summed E-state index contributed by atoms with van der Waals surface area (Å²) in [7, 11) is 0. The van der Waals surface area contributed by atoms with Gasteiger partial charge >= 0.3 is 11.9 Å². The molecule has 1 aliphatic heterocycles. The van der Waals surface area contributed by atoms with Gasteiger partial charge in [-0.05, 0) is 97.4 Å². The Hall–Kier alpha value is -8.50. The van der Waals surface area contributed by atoms with Gasteiger partial charge < -0.3 is 68.4 Å². The molecule has 82 heavy (non-hydrogen) atoms. The number of phenolic OH excluding ortho intramolecular Hbond substituents is 2. The summed E-state index contributed by atoms with van der Waals surface area (Å²) in [5.41, 5.74) is 12.4. The second-order valence-electron chi connectivity index (χ2n) is 23.1. The van der Waals surface area contributed by atoms with Crippen LogP contribution in [-0.4, -0.2) is 129 Å². The number of nitrogens with zero attached hydrogens (tertiary/aromatic N) is 1. The molecular formula is C59H80N10O13. The highest BCUT2D eigenvalue weighted by molar-refractivity contribution is 5.99. The van der Waals surface area contributed by atoms with Crippen molar-refractivity contribution in [1.29, 1.82) is 0 Å². The highest BCUT2D eigenvalue weighted by Gasteiger charge is 2.38. The van der Waals surface area contributed by atoms with E-state index in [9.17, 15) is 58.5 Å². The van der Waals surface area contributed by atoms with Crippen molar-refractivity contribution in [3.8, 4) is 11.5 Å². The highest BCUT2D eigenvalue weighted by Crippen LogP contribution is 2.30. The molecule has 1 aliphatic rings. The first-order chi connectivity index (χ1) is 38.6. The van der Waals surface area contributed by atoms with Crippen molar-refractivity contribution in [2.24, 2.45) is 33.2 Å². The summed E-state index contributed by atoms with van der Waals surface area (Å²) in [6, 6.07) is 10.1. The van der Waals surface area contributed by atoms with E-state index in [0.29, 0.717) is 24.0 Å². The van der Waals surface area contributed by atoms with Crippen LogP contribution in [0.15, 0.2) is 84.0 Å². The van der Waals surface area contributed by atoms with Crippen molar-refractivity contribution >= 4 is 70.0 Å². The van der Waals surface area contributed by atoms with Crippen LogP contribution in [0.25, 0.3) is 10.9 Å². The number of cyclic esters (lactones) is 1. The molecule has 1 aromatic heterocycles. The van der Waals surface area contributed by atoms with Crippen LogP contribution in [0.5, 0.6) is 11.5 Å². The minimum Gasteiger partial charge on any atom is -0.508 e. The van der Waals surface area contributed by atoms with E-state index in [-0.39, 0.29) is 87.4 Å². The Kier molecular flexibility index (Phi) is 23.4. The van der Waals surface area contributed by atoms with E-state index >= 15 is 0 Å². The number of aromatic amines is 1. The van der Waals surface area contributed by atoms with Gasteiger partial charge in [-0.2, -0.15) is 0 Å². The first-order valence-electron chi connectivity index (χ1n) is 27.6. The fraction of sp³-hybridized carbons (Fsp3) is 0.492. The Morgan fingerprint density at radius 1 is 0.744 bits per heavy atom. The molecular weight excluding hydrogens is 1060 g/mol. The molecule has 7 atom stereocenters. The van der Waals surface area contributed by atoms with Crippen molar-refractivity contribution in [2.75, 3.05) is 13.2 Å². The molecule has 0 unspecified atom stereocenters. The predicted octanol–water partition coefficient (Wildman–Crippen LogP) is 3.22. The number of aliphatic imine (C=N–C) groups is 1. The molecule has 4 aromatic rings. The highest BCUT2D eigenvalue weighted by atomic mass is 16.5. The maximum Gasteiger partial charge on any atom is 0.308 e. The van der Waals surface area contributed by atoms with Gasteiger partial charge in [0.15, 0.2) is 11.7 Å². The van der Waals surface area contributed by atoms with Gasteiger partial charge in [0.05, 0.1) is 25.5 Å². The number of Topliss-reactive ketones (excluding diaryl/α,β-unsaturated/α-hetero) is 1. The summed E-state index contributed by atoms with van der Waals surface area (Å²) >= 11 is 0. The van der Waals surface area contributed by atoms with Crippen LogP contribution in [0.2, 0.25) is 0 Å². The average molecular weight is 1140 g/mol. The lowest BCUT2D eigenvalue weighted by atomic mass is 9.81. The largest absolute Gasteiger partial charge is 0.508 e. The maximum absolute atomic E-state index is 14.8. The van der Waals surface area contributed by atoms with Gasteiger partial charge in [-0.25, -0.2) is 0 Å². The third kappa shape index (κ3) is 20.9. The van der Waals surface area contributed by atoms with Gasteiger partial charge in [-0.15, -0.1) is 0 Å². The number of phenols is 2. The number of carbonyl (C=O) groups excluding carboxylic acids is 8. The first-order valence-corrected chi connectivity index (χ1v) is 27.6. The molecule has 2 heterocycles. The number of carboxylic acids is 1. The van der Waals surface area contributed by atoms with Gasteiger partial charge in [-0.3, -0.25) is 48.1 Å². The van der Waals surface area contributed by atoms with Crippen LogP contribution in [0, 0.1) is 16.7 Å². The number of hydrogen-bond acceptors (Lipinski definition) is 13. The molecule has 23 heteroatoms. The van der Waals surface area contributed by atoms with Crippen LogP contribution in [0.4, 0.5) is 0 Å². The maximum atomic E-state index is 14.8. The Balaban J connectivity index is 1.57. The zero-order chi connectivity index (χ0) is 60.3. The molecule has 1 fully saturated rings. The van der Waals surface area contributed by atoms with E-state index < -0.39 is 114 Å². The number of fused-ring (bicyclic) bond motifs is 1. The predicted molar refractivity (Wildman–Crippen MR) is 305 cm³/mol. The zero-order valence-electron chi connectivity index (χ0n) is 47.5. The number of carbonyl (C=O) groups is 9. The Morgan fingerprint density at radius 3 is 1.89 bits per heavy atom. The minimum absolute atomic E-state index is 0.00833. The number of ketones is 1. The number of nitrogens with two attached hydrogens (primary N) is 2. The number of aromatic nitrogens is 1. The van der Waals surface area contributed by atoms with Crippen molar-refractivity contribution in [3.63, 3.8) is 0 Å². The fourth-order valence-electron chi connectivity index (χ4n) is 9.56. The summed E-state index contributed by atoms with van der Waals surface area (Å²) in [5.74, 6) is -9.02. The number of H-pyrrole nitrogens is 1. The quantitative estimate of drug-likeness (QED) is 0.0295. The third-order valence-electron chi connectivity index (χ3n) is 13.8. The van der Waals surface area contributed by atoms with Crippen LogP contribution in [0.3, 0.4) is 0 Å². The number of hydrogen-bond donors (Lipinski definition) is 12. The fourth-order valence-corrected chi connectivity index (χ4v) is 9.56. The number of benzene rings is 3. The zero-order valence-corrected chi connectivity index (χ0v) is 47.5. The molecule has 23 nitrogen and oxygen atoms in total. The van der Waals surface area contributed by atoms with E-state index in [2.05, 4.69) is 41.9 Å². The number of ether oxygens (including phenoxy) is 1. The van der Waals surface area contributed by atoms with Gasteiger partial charge in [0, 0.05) is 47.8 Å². The van der Waals surface area contributed by atoms with Crippen molar-refractivity contribution < 1.29 is 63.2 Å². The van der Waals surface area contributed by atoms with Gasteiger partial charge in [0.2, 0.25) is 35.4 Å². The summed E-state index contributed by atoms with van der Waals surface area (Å²) < 4.78 is 5.62. The molecule has 0 saturated carbocycles. The second-order valence-corrected chi connectivity index (χ2v) is 23.1. The minimum atomic E-state index is -1.59. The summed E-state index contributed by atoms with van der Waals surface area (Å²) in [4.78, 5) is 134. The van der Waals surface area contributed by atoms with Crippen LogP contribution in [-0.2, 0) is 67.2 Å². The van der Waals surface area contributed by atoms with Crippen LogP contribution < -0.4 is 43.4 Å². The first kappa shape index (κ1) is 64.3. The number of amides is 6. The van der Waals surface area contributed by atoms with Crippen molar-refractivity contribution in [2.45, 2.75) is 155 Å². The number of carboxylic acid groups (broad SMARTS) is 1. The molecule has 444 valence electrons. The Morgan fingerprint density at radius 2 is 1.32 bits per heavy atom. The SMILES string of the molecule is CC(C)(C)C[C@@H](Cc1c[nH]c2ccccc12)C(=O)N[C@H]1CC(=O)OCCCCC[C@@H](C(=O)N[C@@H](CC(=O)O)C(=O)C(C)(C)C)NC(=O)[C@H](Cc2ccc(O)cc2)NC(=O)[C@H](Cc2ccc(O)cc2)NC(=O)[C@H](CCCN=C(N)N)NC1=O. The molecule has 3 aromatic carbocycles. The van der Waals surface area contributed by atoms with Crippen molar-refractivity contribution in [1.82, 2.24) is 36.9 Å². The molecule has 0 aliphatic carbocycles. The van der Waals surface area contributed by atoms with E-state index in [1.54, 1.807) is 20.8 Å².